The molecule has 1 rings (SSSR count). The monoisotopic (exact) mass is 286 g/mol. The van der Waals surface area contributed by atoms with Crippen molar-refractivity contribution in [3.8, 4) is 0 Å². The minimum Gasteiger partial charge on any atom is -0.385 e. The van der Waals surface area contributed by atoms with Gasteiger partial charge in [0, 0.05) is 26.9 Å². The van der Waals surface area contributed by atoms with Crippen LogP contribution in [0, 0.1) is 0 Å². The van der Waals surface area contributed by atoms with E-state index in [2.05, 4.69) is 10.3 Å². The molecule has 0 amide bonds. The molecule has 1 unspecified atom stereocenters. The standard InChI is InChI=1S/C12H22N4O4/c1-8(4-6-19-2)14-9-10(13)16(5-7-20-3)12(18)15-11(9)17/h8,14H,4-7,13H2,1-3H3,(H,15,17,18). The van der Waals surface area contributed by atoms with Crippen LogP contribution in [0.2, 0.25) is 0 Å². The van der Waals surface area contributed by atoms with Crippen LogP contribution in [0.25, 0.3) is 0 Å². The van der Waals surface area contributed by atoms with Crippen molar-refractivity contribution in [3.05, 3.63) is 20.8 Å². The minimum absolute atomic E-state index is 0.00766. The molecule has 114 valence electrons. The van der Waals surface area contributed by atoms with Gasteiger partial charge in [0.2, 0.25) is 0 Å². The summed E-state index contributed by atoms with van der Waals surface area (Å²) < 4.78 is 11.2. The van der Waals surface area contributed by atoms with E-state index in [1.165, 1.54) is 11.7 Å². The molecule has 1 aromatic heterocycles. The zero-order valence-electron chi connectivity index (χ0n) is 12.1. The van der Waals surface area contributed by atoms with Gasteiger partial charge in [0.15, 0.2) is 0 Å². The highest BCUT2D eigenvalue weighted by Crippen LogP contribution is 2.12. The highest BCUT2D eigenvalue weighted by atomic mass is 16.5. The summed E-state index contributed by atoms with van der Waals surface area (Å²) in [6.07, 6.45) is 0.715. The van der Waals surface area contributed by atoms with Crippen molar-refractivity contribution in [2.24, 2.45) is 0 Å². The van der Waals surface area contributed by atoms with E-state index in [1.807, 2.05) is 6.92 Å². The number of H-pyrrole nitrogens is 1. The molecule has 0 aliphatic heterocycles. The lowest BCUT2D eigenvalue weighted by Crippen LogP contribution is -2.36. The Hall–Kier alpha value is -1.80. The molecule has 0 aliphatic carbocycles. The van der Waals surface area contributed by atoms with Crippen molar-refractivity contribution in [2.45, 2.75) is 25.9 Å². The normalized spacial score (nSPS) is 12.3. The predicted octanol–water partition coefficient (Wildman–Crippen LogP) is -0.398. The fraction of sp³-hybridized carbons (Fsp3) is 0.667. The molecule has 1 atom stereocenters. The maximum Gasteiger partial charge on any atom is 0.330 e. The number of nitrogen functional groups attached to an aromatic ring is 1. The molecule has 20 heavy (non-hydrogen) atoms. The van der Waals surface area contributed by atoms with Crippen molar-refractivity contribution in [2.75, 3.05) is 38.5 Å². The van der Waals surface area contributed by atoms with Gasteiger partial charge in [-0.05, 0) is 13.3 Å². The summed E-state index contributed by atoms with van der Waals surface area (Å²) in [4.78, 5) is 25.8. The van der Waals surface area contributed by atoms with Crippen LogP contribution in [0.15, 0.2) is 9.59 Å². The van der Waals surface area contributed by atoms with Crippen LogP contribution in [0.5, 0.6) is 0 Å². The third-order valence-corrected chi connectivity index (χ3v) is 2.90. The van der Waals surface area contributed by atoms with Gasteiger partial charge in [-0.2, -0.15) is 0 Å². The molecule has 0 radical (unpaired) electrons. The van der Waals surface area contributed by atoms with Gasteiger partial charge < -0.3 is 20.5 Å². The fourth-order valence-electron chi connectivity index (χ4n) is 1.75. The Balaban J connectivity index is 3.01. The van der Waals surface area contributed by atoms with E-state index in [9.17, 15) is 9.59 Å². The predicted molar refractivity (Wildman–Crippen MR) is 77.2 cm³/mol. The van der Waals surface area contributed by atoms with E-state index in [0.717, 1.165) is 0 Å². The Bertz CT molecular complexity index is 537. The molecule has 0 saturated heterocycles. The molecule has 8 nitrogen and oxygen atoms in total. The second-order valence-corrected chi connectivity index (χ2v) is 4.49. The fourth-order valence-corrected chi connectivity index (χ4v) is 1.75. The molecule has 0 fully saturated rings. The summed E-state index contributed by atoms with van der Waals surface area (Å²) in [7, 11) is 3.14. The van der Waals surface area contributed by atoms with Crippen LogP contribution in [-0.2, 0) is 16.0 Å². The van der Waals surface area contributed by atoms with Crippen molar-refractivity contribution in [1.29, 1.82) is 0 Å². The summed E-state index contributed by atoms with van der Waals surface area (Å²) in [6.45, 7) is 3.08. The Labute approximate surface area is 116 Å². The van der Waals surface area contributed by atoms with Crippen LogP contribution in [0.4, 0.5) is 11.5 Å². The Morgan fingerprint density at radius 2 is 1.95 bits per heavy atom. The molecule has 4 N–H and O–H groups in total. The van der Waals surface area contributed by atoms with E-state index in [1.54, 1.807) is 7.11 Å². The van der Waals surface area contributed by atoms with E-state index < -0.39 is 11.2 Å². The van der Waals surface area contributed by atoms with Gasteiger partial charge in [0.05, 0.1) is 13.2 Å². The van der Waals surface area contributed by atoms with Crippen LogP contribution in [-0.4, -0.2) is 43.0 Å². The van der Waals surface area contributed by atoms with Crippen LogP contribution in [0.1, 0.15) is 13.3 Å². The lowest BCUT2D eigenvalue weighted by Gasteiger charge is -2.17. The molecular formula is C12H22N4O4. The average molecular weight is 286 g/mol. The van der Waals surface area contributed by atoms with Crippen molar-refractivity contribution in [3.63, 3.8) is 0 Å². The van der Waals surface area contributed by atoms with Crippen molar-refractivity contribution < 1.29 is 9.47 Å². The lowest BCUT2D eigenvalue weighted by atomic mass is 10.2. The number of nitrogens with two attached hydrogens (primary N) is 1. The summed E-state index contributed by atoms with van der Waals surface area (Å²) in [5.41, 5.74) is 5.03. The maximum atomic E-state index is 11.8. The Kier molecular flexibility index (Phi) is 6.26. The van der Waals surface area contributed by atoms with Crippen molar-refractivity contribution in [1.82, 2.24) is 9.55 Å². The van der Waals surface area contributed by atoms with Gasteiger partial charge >= 0.3 is 5.69 Å². The quantitative estimate of drug-likeness (QED) is 0.599. The second-order valence-electron chi connectivity index (χ2n) is 4.49. The number of nitrogens with one attached hydrogen (secondary N) is 2. The first kappa shape index (κ1) is 16.3. The molecule has 1 aromatic rings. The zero-order valence-corrected chi connectivity index (χ0v) is 12.1. The minimum atomic E-state index is -0.542. The Morgan fingerprint density at radius 3 is 2.55 bits per heavy atom. The molecule has 0 saturated carbocycles. The number of aromatic amines is 1. The number of hydrogen-bond acceptors (Lipinski definition) is 6. The summed E-state index contributed by atoms with van der Waals surface area (Å²) >= 11 is 0. The van der Waals surface area contributed by atoms with Gasteiger partial charge in [-0.1, -0.05) is 0 Å². The number of rotatable bonds is 8. The van der Waals surface area contributed by atoms with Gasteiger partial charge in [0.25, 0.3) is 5.56 Å². The van der Waals surface area contributed by atoms with Gasteiger partial charge in [0.1, 0.15) is 11.5 Å². The third-order valence-electron chi connectivity index (χ3n) is 2.90. The van der Waals surface area contributed by atoms with Crippen molar-refractivity contribution >= 4 is 11.5 Å². The first-order valence-electron chi connectivity index (χ1n) is 6.38. The summed E-state index contributed by atoms with van der Waals surface area (Å²) in [5.74, 6) is 0.111. The summed E-state index contributed by atoms with van der Waals surface area (Å²) in [6, 6.07) is -0.00766. The smallest absolute Gasteiger partial charge is 0.330 e. The van der Waals surface area contributed by atoms with Crippen LogP contribution in [0.3, 0.4) is 0 Å². The van der Waals surface area contributed by atoms with E-state index in [-0.39, 0.29) is 24.1 Å². The Morgan fingerprint density at radius 1 is 1.30 bits per heavy atom. The van der Waals surface area contributed by atoms with Crippen LogP contribution >= 0.6 is 0 Å². The number of hydrogen-bond donors (Lipinski definition) is 3. The van der Waals surface area contributed by atoms with Gasteiger partial charge in [-0.15, -0.1) is 0 Å². The van der Waals surface area contributed by atoms with E-state index in [4.69, 9.17) is 15.2 Å². The highest BCUT2D eigenvalue weighted by Gasteiger charge is 2.14. The number of ether oxygens (including phenoxy) is 2. The molecule has 0 spiro atoms. The molecule has 0 aromatic carbocycles. The molecule has 8 heteroatoms. The first-order valence-corrected chi connectivity index (χ1v) is 6.38. The van der Waals surface area contributed by atoms with Crippen LogP contribution < -0.4 is 22.3 Å². The largest absolute Gasteiger partial charge is 0.385 e. The number of anilines is 2. The summed E-state index contributed by atoms with van der Waals surface area (Å²) in [5, 5.41) is 3.01. The molecule has 0 aliphatic rings. The highest BCUT2D eigenvalue weighted by molar-refractivity contribution is 5.60. The number of methoxy groups -OCH3 is 2. The van der Waals surface area contributed by atoms with E-state index in [0.29, 0.717) is 19.6 Å². The topological polar surface area (TPSA) is 111 Å². The third kappa shape index (κ3) is 4.10. The zero-order chi connectivity index (χ0) is 15.1. The first-order chi connectivity index (χ1) is 9.51. The van der Waals surface area contributed by atoms with E-state index >= 15 is 0 Å². The molecule has 0 bridgehead atoms. The lowest BCUT2D eigenvalue weighted by molar-refractivity contribution is 0.186. The molecular weight excluding hydrogens is 264 g/mol. The van der Waals surface area contributed by atoms with Gasteiger partial charge in [-0.25, -0.2) is 4.79 Å². The second kappa shape index (κ2) is 7.71. The number of aromatic nitrogens is 2. The average Bonchev–Trinajstić information content (AvgIpc) is 2.41. The SMILES string of the molecule is COCCC(C)Nc1c(N)n(CCOC)c(=O)[nH]c1=O. The maximum absolute atomic E-state index is 11.8. The van der Waals surface area contributed by atoms with Gasteiger partial charge in [-0.3, -0.25) is 14.3 Å². The number of nitrogens with zero attached hydrogens (tertiary/aromatic N) is 1. The molecule has 1 heterocycles.